The molecule has 1 atom stereocenters. The van der Waals surface area contributed by atoms with Crippen molar-refractivity contribution in [1.29, 1.82) is 0 Å². The number of carbonyl (C=O) groups excluding carboxylic acids is 2. The van der Waals surface area contributed by atoms with Crippen molar-refractivity contribution in [1.82, 2.24) is 0 Å². The lowest BCUT2D eigenvalue weighted by atomic mass is 10.1. The Hall–Kier alpha value is -2.20. The Morgan fingerprint density at radius 2 is 1.67 bits per heavy atom. The molecule has 4 rings (SSSR count). The average Bonchev–Trinajstić information content (AvgIpc) is 2.79. The first-order chi connectivity index (χ1) is 16.9. The molecule has 2 amide bonds. The molecule has 1 aliphatic heterocycles. The van der Waals surface area contributed by atoms with Crippen molar-refractivity contribution in [2.24, 2.45) is 0 Å². The Kier molecular flexibility index (Phi) is 7.67. The van der Waals surface area contributed by atoms with Crippen molar-refractivity contribution in [2.45, 2.75) is 24.3 Å². The van der Waals surface area contributed by atoms with Crippen LogP contribution >= 0.6 is 58.0 Å². The Labute approximate surface area is 232 Å². The minimum absolute atomic E-state index is 0.0511. The zero-order valence-corrected chi connectivity index (χ0v) is 22.9. The van der Waals surface area contributed by atoms with Gasteiger partial charge in [-0.2, -0.15) is 0 Å². The van der Waals surface area contributed by atoms with Crippen LogP contribution in [0.3, 0.4) is 0 Å². The minimum atomic E-state index is -4.53. The average molecular weight is 608 g/mol. The van der Waals surface area contributed by atoms with E-state index in [-0.39, 0.29) is 36.4 Å². The van der Waals surface area contributed by atoms with Gasteiger partial charge in [-0.3, -0.25) is 13.9 Å². The van der Waals surface area contributed by atoms with Crippen molar-refractivity contribution < 1.29 is 18.0 Å². The molecule has 0 aliphatic carbocycles. The van der Waals surface area contributed by atoms with E-state index in [4.69, 9.17) is 58.0 Å². The van der Waals surface area contributed by atoms with Gasteiger partial charge in [-0.05, 0) is 48.9 Å². The summed E-state index contributed by atoms with van der Waals surface area (Å²) < 4.78 is 28.6. The summed E-state index contributed by atoms with van der Waals surface area (Å²) in [5.74, 6) is -1.38. The number of aryl methyl sites for hydroxylation is 1. The fourth-order valence-corrected chi connectivity index (χ4v) is 6.78. The number of benzene rings is 3. The number of nitrogens with one attached hydrogen (secondary N) is 2. The lowest BCUT2D eigenvalue weighted by Gasteiger charge is -2.37. The maximum atomic E-state index is 13.9. The van der Waals surface area contributed by atoms with Gasteiger partial charge in [0.2, 0.25) is 11.8 Å². The monoisotopic (exact) mass is 605 g/mol. The van der Waals surface area contributed by atoms with E-state index in [0.717, 1.165) is 10.4 Å². The van der Waals surface area contributed by atoms with Gasteiger partial charge in [0.1, 0.15) is 10.9 Å². The zero-order chi connectivity index (χ0) is 26.4. The normalized spacial score (nSPS) is 15.3. The molecule has 0 radical (unpaired) electrons. The predicted molar refractivity (Wildman–Crippen MR) is 144 cm³/mol. The van der Waals surface area contributed by atoms with E-state index in [9.17, 15) is 18.0 Å². The number of halogens is 5. The molecule has 0 aromatic heterocycles. The third-order valence-corrected chi connectivity index (χ3v) is 8.98. The Bertz CT molecular complexity index is 1490. The second kappa shape index (κ2) is 10.3. The number of anilines is 3. The van der Waals surface area contributed by atoms with Crippen molar-refractivity contribution in [2.75, 3.05) is 14.9 Å². The summed E-state index contributed by atoms with van der Waals surface area (Å²) in [7, 11) is -4.53. The van der Waals surface area contributed by atoms with Crippen LogP contribution in [0.25, 0.3) is 0 Å². The molecule has 36 heavy (non-hydrogen) atoms. The number of rotatable bonds is 5. The molecule has 3 aromatic carbocycles. The first-order valence-electron chi connectivity index (χ1n) is 10.2. The maximum Gasteiger partial charge on any atom is 0.266 e. The van der Waals surface area contributed by atoms with Crippen LogP contribution in [0.5, 0.6) is 0 Å². The van der Waals surface area contributed by atoms with Gasteiger partial charge in [-0.25, -0.2) is 8.42 Å². The van der Waals surface area contributed by atoms with Crippen LogP contribution in [-0.4, -0.2) is 26.3 Å². The summed E-state index contributed by atoms with van der Waals surface area (Å²) in [6, 6.07) is 10.1. The quantitative estimate of drug-likeness (QED) is 0.312. The van der Waals surface area contributed by atoms with Gasteiger partial charge in [0.15, 0.2) is 0 Å². The first-order valence-corrected chi connectivity index (χ1v) is 13.6. The van der Waals surface area contributed by atoms with Gasteiger partial charge in [-0.1, -0.05) is 70.1 Å². The Balaban J connectivity index is 1.80. The number of nitrogens with zero attached hydrogens (tertiary/aromatic N) is 1. The van der Waals surface area contributed by atoms with Crippen LogP contribution in [0.15, 0.2) is 53.4 Å². The molecule has 1 unspecified atom stereocenters. The van der Waals surface area contributed by atoms with Crippen LogP contribution in [-0.2, 0) is 19.6 Å². The van der Waals surface area contributed by atoms with Gasteiger partial charge in [0.05, 0.1) is 43.6 Å². The van der Waals surface area contributed by atoms with Crippen molar-refractivity contribution in [3.63, 3.8) is 0 Å². The second-order valence-corrected chi connectivity index (χ2v) is 11.7. The van der Waals surface area contributed by atoms with E-state index >= 15 is 0 Å². The second-order valence-electron chi connectivity index (χ2n) is 7.85. The number of para-hydroxylation sites is 1. The molecule has 0 bridgehead atoms. The molecule has 2 N–H and O–H groups in total. The Morgan fingerprint density at radius 1 is 0.972 bits per heavy atom. The van der Waals surface area contributed by atoms with Crippen LogP contribution in [0.2, 0.25) is 25.1 Å². The number of sulfonamides is 1. The molecule has 1 heterocycles. The third-order valence-electron chi connectivity index (χ3n) is 5.42. The van der Waals surface area contributed by atoms with Crippen molar-refractivity contribution in [3.8, 4) is 0 Å². The molecular weight excluding hydrogens is 592 g/mol. The summed E-state index contributed by atoms with van der Waals surface area (Å²) in [6.45, 7) is 1.75. The highest BCUT2D eigenvalue weighted by molar-refractivity contribution is 7.93. The SMILES string of the molecule is Cc1cccc(Cl)c1NC(=O)CC1C(=O)Nc2cc(Cl)ccc2N1S(=O)(=O)c1cc(Cl)c(Cl)cc1Cl. The molecule has 0 fully saturated rings. The van der Waals surface area contributed by atoms with Gasteiger partial charge in [0, 0.05) is 5.02 Å². The molecule has 0 saturated carbocycles. The zero-order valence-electron chi connectivity index (χ0n) is 18.3. The number of carbonyl (C=O) groups is 2. The predicted octanol–water partition coefficient (Wildman–Crippen LogP) is 6.81. The molecular formula is C23H16Cl5N3O4S. The van der Waals surface area contributed by atoms with E-state index in [0.29, 0.717) is 16.3 Å². The van der Waals surface area contributed by atoms with Crippen molar-refractivity contribution in [3.05, 3.63) is 79.2 Å². The Morgan fingerprint density at radius 3 is 2.36 bits per heavy atom. The third kappa shape index (κ3) is 5.11. The molecule has 3 aromatic rings. The van der Waals surface area contributed by atoms with E-state index < -0.39 is 34.3 Å². The molecule has 7 nitrogen and oxygen atoms in total. The summed E-state index contributed by atoms with van der Waals surface area (Å²) in [5, 5.41) is 5.63. The topological polar surface area (TPSA) is 95.6 Å². The molecule has 1 aliphatic rings. The minimum Gasteiger partial charge on any atom is -0.324 e. The lowest BCUT2D eigenvalue weighted by Crippen LogP contribution is -2.52. The molecule has 188 valence electrons. The largest absolute Gasteiger partial charge is 0.324 e. The van der Waals surface area contributed by atoms with E-state index in [2.05, 4.69) is 10.6 Å². The maximum absolute atomic E-state index is 13.9. The van der Waals surface area contributed by atoms with Crippen LogP contribution in [0, 0.1) is 6.92 Å². The van der Waals surface area contributed by atoms with Gasteiger partial charge in [0.25, 0.3) is 10.0 Å². The van der Waals surface area contributed by atoms with E-state index in [1.807, 2.05) is 0 Å². The smallest absolute Gasteiger partial charge is 0.266 e. The standard InChI is InChI=1S/C23H16Cl5N3O4S/c1-11-3-2-4-13(25)22(11)30-21(32)10-19-23(33)29-17-7-12(24)5-6-18(17)31(19)36(34,35)20-9-15(27)14(26)8-16(20)28/h2-9,19H,10H2,1H3,(H,29,33)(H,30,32). The summed E-state index contributed by atoms with van der Waals surface area (Å²) in [4.78, 5) is 25.8. The summed E-state index contributed by atoms with van der Waals surface area (Å²) >= 11 is 30.5. The highest BCUT2D eigenvalue weighted by Crippen LogP contribution is 2.41. The number of fused-ring (bicyclic) bond motifs is 1. The van der Waals surface area contributed by atoms with Gasteiger partial charge < -0.3 is 10.6 Å². The number of hydrogen-bond donors (Lipinski definition) is 2. The van der Waals surface area contributed by atoms with Crippen LogP contribution < -0.4 is 14.9 Å². The summed E-state index contributed by atoms with van der Waals surface area (Å²) in [6.07, 6.45) is -0.531. The number of amides is 2. The van der Waals surface area contributed by atoms with Crippen LogP contribution in [0.4, 0.5) is 17.1 Å². The summed E-state index contributed by atoms with van der Waals surface area (Å²) in [5.41, 5.74) is 1.28. The highest BCUT2D eigenvalue weighted by atomic mass is 35.5. The molecule has 13 heteroatoms. The van der Waals surface area contributed by atoms with E-state index in [1.165, 1.54) is 24.3 Å². The fraction of sp³-hybridized carbons (Fsp3) is 0.130. The molecule has 0 saturated heterocycles. The fourth-order valence-electron chi connectivity index (χ4n) is 3.73. The van der Waals surface area contributed by atoms with Gasteiger partial charge in [-0.15, -0.1) is 0 Å². The van der Waals surface area contributed by atoms with Gasteiger partial charge >= 0.3 is 0 Å². The van der Waals surface area contributed by atoms with Crippen LogP contribution in [0.1, 0.15) is 12.0 Å². The highest BCUT2D eigenvalue weighted by Gasteiger charge is 2.43. The van der Waals surface area contributed by atoms with E-state index in [1.54, 1.807) is 25.1 Å². The number of hydrogen-bond acceptors (Lipinski definition) is 4. The first kappa shape index (κ1) is 26.9. The van der Waals surface area contributed by atoms with Crippen molar-refractivity contribution >= 4 is 96.9 Å². The lowest BCUT2D eigenvalue weighted by molar-refractivity contribution is -0.122. The molecule has 0 spiro atoms.